The van der Waals surface area contributed by atoms with Gasteiger partial charge in [0.05, 0.1) is 0 Å². The Kier molecular flexibility index (Phi) is 5.75. The molecule has 168 valence electrons. The first-order chi connectivity index (χ1) is 15.1. The van der Waals surface area contributed by atoms with E-state index in [-0.39, 0.29) is 23.1 Å². The van der Waals surface area contributed by atoms with Crippen LogP contribution in [0, 0.1) is 5.92 Å². The zero-order valence-corrected chi connectivity index (χ0v) is 17.7. The maximum atomic E-state index is 12.9. The summed E-state index contributed by atoms with van der Waals surface area (Å²) in [6.07, 6.45) is 0.432. The number of rotatable bonds is 3. The molecule has 1 aliphatic rings. The van der Waals surface area contributed by atoms with Crippen LogP contribution in [0.2, 0.25) is 0 Å². The van der Waals surface area contributed by atoms with Gasteiger partial charge in [-0.25, -0.2) is 4.98 Å². The molecule has 9 heteroatoms. The standard InChI is InChI=1S/C23H23F3N4O2/c1-13-3-5-17(29-22(32)15-7-8-27-19(10-15)23(24,25)26)11-18(13)16-9-14-4-6-20(31)30(2)21(14)28-12-16/h4,6-10,12-13,17-18H,3,5,11H2,1-2H3,(H,29,32). The molecule has 1 N–H and O–H groups in total. The lowest BCUT2D eigenvalue weighted by molar-refractivity contribution is -0.141. The monoisotopic (exact) mass is 444 g/mol. The van der Waals surface area contributed by atoms with Gasteiger partial charge in [0.2, 0.25) is 0 Å². The number of aryl methyl sites for hydroxylation is 1. The van der Waals surface area contributed by atoms with Gasteiger partial charge in [-0.05, 0) is 60.9 Å². The van der Waals surface area contributed by atoms with Crippen LogP contribution in [0.3, 0.4) is 0 Å². The van der Waals surface area contributed by atoms with Crippen LogP contribution in [0.15, 0.2) is 47.5 Å². The van der Waals surface area contributed by atoms with Crippen molar-refractivity contribution in [2.24, 2.45) is 13.0 Å². The van der Waals surface area contributed by atoms with Gasteiger partial charge >= 0.3 is 6.18 Å². The van der Waals surface area contributed by atoms with E-state index in [9.17, 15) is 22.8 Å². The molecule has 4 rings (SSSR count). The van der Waals surface area contributed by atoms with Crippen LogP contribution in [-0.4, -0.2) is 26.5 Å². The molecule has 3 atom stereocenters. The first kappa shape index (κ1) is 22.0. The smallest absolute Gasteiger partial charge is 0.349 e. The maximum Gasteiger partial charge on any atom is 0.433 e. The molecule has 0 saturated heterocycles. The Bertz CT molecular complexity index is 1220. The van der Waals surface area contributed by atoms with Crippen molar-refractivity contribution in [2.45, 2.75) is 44.3 Å². The number of aromatic nitrogens is 3. The Morgan fingerprint density at radius 1 is 1.16 bits per heavy atom. The van der Waals surface area contributed by atoms with Crippen molar-refractivity contribution in [3.8, 4) is 0 Å². The summed E-state index contributed by atoms with van der Waals surface area (Å²) in [6, 6.07) is 7.17. The quantitative estimate of drug-likeness (QED) is 0.661. The van der Waals surface area contributed by atoms with Crippen molar-refractivity contribution in [3.05, 3.63) is 69.9 Å². The van der Waals surface area contributed by atoms with Crippen molar-refractivity contribution >= 4 is 16.9 Å². The van der Waals surface area contributed by atoms with Crippen LogP contribution in [-0.2, 0) is 13.2 Å². The first-order valence-corrected chi connectivity index (χ1v) is 10.4. The molecule has 0 aromatic carbocycles. The molecule has 3 heterocycles. The predicted molar refractivity (Wildman–Crippen MR) is 113 cm³/mol. The van der Waals surface area contributed by atoms with E-state index in [2.05, 4.69) is 22.2 Å². The summed E-state index contributed by atoms with van der Waals surface area (Å²) in [4.78, 5) is 32.2. The number of carbonyl (C=O) groups is 1. The van der Waals surface area contributed by atoms with Gasteiger partial charge in [-0.3, -0.25) is 19.1 Å². The summed E-state index contributed by atoms with van der Waals surface area (Å²) in [5.41, 5.74) is 0.350. The molecule has 3 aromatic heterocycles. The zero-order valence-electron chi connectivity index (χ0n) is 17.7. The zero-order chi connectivity index (χ0) is 23.0. The average molecular weight is 444 g/mol. The van der Waals surface area contributed by atoms with Crippen molar-refractivity contribution in [2.75, 3.05) is 0 Å². The van der Waals surface area contributed by atoms with Gasteiger partial charge in [0, 0.05) is 42.5 Å². The molecule has 0 radical (unpaired) electrons. The highest BCUT2D eigenvalue weighted by Crippen LogP contribution is 2.38. The van der Waals surface area contributed by atoms with Gasteiger partial charge in [0.15, 0.2) is 0 Å². The molecule has 1 amide bonds. The Morgan fingerprint density at radius 2 is 1.94 bits per heavy atom. The number of halogens is 3. The SMILES string of the molecule is CC1CCC(NC(=O)c2ccnc(C(F)(F)F)c2)CC1c1cnc2c(ccc(=O)n2C)c1. The van der Waals surface area contributed by atoms with Crippen LogP contribution in [0.4, 0.5) is 13.2 Å². The number of alkyl halides is 3. The van der Waals surface area contributed by atoms with Crippen molar-refractivity contribution < 1.29 is 18.0 Å². The summed E-state index contributed by atoms with van der Waals surface area (Å²) in [5.74, 6) is -0.0538. The van der Waals surface area contributed by atoms with Gasteiger partial charge in [-0.2, -0.15) is 13.2 Å². The average Bonchev–Trinajstić information content (AvgIpc) is 2.77. The Labute approximate surface area is 182 Å². The van der Waals surface area contributed by atoms with Gasteiger partial charge in [0.1, 0.15) is 11.3 Å². The molecule has 6 nitrogen and oxygen atoms in total. The summed E-state index contributed by atoms with van der Waals surface area (Å²) < 4.78 is 40.2. The topological polar surface area (TPSA) is 76.9 Å². The lowest BCUT2D eigenvalue weighted by Crippen LogP contribution is -2.40. The van der Waals surface area contributed by atoms with Crippen molar-refractivity contribution in [1.82, 2.24) is 19.9 Å². The molecule has 32 heavy (non-hydrogen) atoms. The molecule has 0 aliphatic heterocycles. The normalized spacial score (nSPS) is 21.5. The molecule has 0 spiro atoms. The van der Waals surface area contributed by atoms with E-state index < -0.39 is 17.8 Å². The number of hydrogen-bond donors (Lipinski definition) is 1. The molecular formula is C23H23F3N4O2. The highest BCUT2D eigenvalue weighted by Gasteiger charge is 2.34. The first-order valence-electron chi connectivity index (χ1n) is 10.4. The second-order valence-electron chi connectivity index (χ2n) is 8.41. The Morgan fingerprint density at radius 3 is 2.69 bits per heavy atom. The second kappa shape index (κ2) is 8.37. The predicted octanol–water partition coefficient (Wildman–Crippen LogP) is 4.05. The highest BCUT2D eigenvalue weighted by atomic mass is 19.4. The third kappa shape index (κ3) is 4.37. The fraction of sp³-hybridized carbons (Fsp3) is 0.391. The number of pyridine rings is 3. The minimum absolute atomic E-state index is 0.0595. The number of hydrogen-bond acceptors (Lipinski definition) is 4. The lowest BCUT2D eigenvalue weighted by atomic mass is 9.74. The number of carbonyl (C=O) groups excluding carboxylic acids is 1. The van der Waals surface area contributed by atoms with Gasteiger partial charge in [-0.1, -0.05) is 6.92 Å². The summed E-state index contributed by atoms with van der Waals surface area (Å²) in [6.45, 7) is 2.14. The van der Waals surface area contributed by atoms with Crippen LogP contribution < -0.4 is 10.9 Å². The number of amides is 1. The van der Waals surface area contributed by atoms with Crippen LogP contribution in [0.1, 0.15) is 53.7 Å². The third-order valence-electron chi connectivity index (χ3n) is 6.24. The summed E-state index contributed by atoms with van der Waals surface area (Å²) in [5, 5.41) is 3.75. The van der Waals surface area contributed by atoms with Crippen LogP contribution >= 0.6 is 0 Å². The molecule has 1 aliphatic carbocycles. The van der Waals surface area contributed by atoms with E-state index in [4.69, 9.17) is 0 Å². The van der Waals surface area contributed by atoms with E-state index in [0.717, 1.165) is 36.1 Å². The van der Waals surface area contributed by atoms with Gasteiger partial charge in [0.25, 0.3) is 11.5 Å². The fourth-order valence-corrected chi connectivity index (χ4v) is 4.39. The molecule has 1 fully saturated rings. The Balaban J connectivity index is 1.53. The minimum atomic E-state index is -4.60. The summed E-state index contributed by atoms with van der Waals surface area (Å²) >= 11 is 0. The fourth-order valence-electron chi connectivity index (χ4n) is 4.39. The molecule has 3 aromatic rings. The van der Waals surface area contributed by atoms with E-state index >= 15 is 0 Å². The molecule has 0 bridgehead atoms. The molecule has 1 saturated carbocycles. The second-order valence-corrected chi connectivity index (χ2v) is 8.41. The molecular weight excluding hydrogens is 421 g/mol. The highest BCUT2D eigenvalue weighted by molar-refractivity contribution is 5.94. The van der Waals surface area contributed by atoms with Crippen LogP contribution in [0.5, 0.6) is 0 Å². The number of fused-ring (bicyclic) bond motifs is 1. The van der Waals surface area contributed by atoms with E-state index in [0.29, 0.717) is 18.0 Å². The van der Waals surface area contributed by atoms with Crippen molar-refractivity contribution in [1.29, 1.82) is 0 Å². The van der Waals surface area contributed by atoms with Gasteiger partial charge < -0.3 is 5.32 Å². The number of nitrogens with one attached hydrogen (secondary N) is 1. The van der Waals surface area contributed by atoms with Crippen molar-refractivity contribution in [3.63, 3.8) is 0 Å². The largest absolute Gasteiger partial charge is 0.433 e. The van der Waals surface area contributed by atoms with E-state index in [1.807, 2.05) is 6.07 Å². The lowest BCUT2D eigenvalue weighted by Gasteiger charge is -2.35. The number of nitrogens with zero attached hydrogens (tertiary/aromatic N) is 3. The van der Waals surface area contributed by atoms with Gasteiger partial charge in [-0.15, -0.1) is 0 Å². The summed E-state index contributed by atoms with van der Waals surface area (Å²) in [7, 11) is 1.68. The maximum absolute atomic E-state index is 12.9. The Hall–Kier alpha value is -3.23. The van der Waals surface area contributed by atoms with E-state index in [1.165, 1.54) is 16.7 Å². The third-order valence-corrected chi connectivity index (χ3v) is 6.24. The minimum Gasteiger partial charge on any atom is -0.349 e. The van der Waals surface area contributed by atoms with Crippen LogP contribution in [0.25, 0.3) is 11.0 Å². The molecule has 3 unspecified atom stereocenters. The van der Waals surface area contributed by atoms with E-state index in [1.54, 1.807) is 19.3 Å².